The second-order valence-corrected chi connectivity index (χ2v) is 5.35. The van der Waals surface area contributed by atoms with E-state index < -0.39 is 5.76 Å². The number of alkyl halides is 2. The standard InChI is InChI=1S/C15H21F2N3S/c1-6-8-9-12(7-2)19(4)11(3)13-10-18-15(20(13)5)21-14(16)17/h7-10,14H,3,6H2,1-2,4-5H3/b9-8-,12-7+. The van der Waals surface area contributed by atoms with E-state index in [-0.39, 0.29) is 5.16 Å². The number of nitrogens with zero attached hydrogens (tertiary/aromatic N) is 3. The van der Waals surface area contributed by atoms with E-state index in [1.54, 1.807) is 17.8 Å². The molecule has 0 atom stereocenters. The third-order valence-corrected chi connectivity index (χ3v) is 3.82. The third kappa shape index (κ3) is 4.46. The second kappa shape index (κ2) is 8.02. The lowest BCUT2D eigenvalue weighted by molar-refractivity contribution is 0.251. The van der Waals surface area contributed by atoms with E-state index in [0.717, 1.165) is 12.1 Å². The fourth-order valence-electron chi connectivity index (χ4n) is 1.82. The average Bonchev–Trinajstić information content (AvgIpc) is 2.79. The first-order valence-electron chi connectivity index (χ1n) is 6.64. The zero-order valence-corrected chi connectivity index (χ0v) is 13.6. The van der Waals surface area contributed by atoms with E-state index >= 15 is 0 Å². The molecule has 0 aliphatic heterocycles. The quantitative estimate of drug-likeness (QED) is 0.546. The minimum absolute atomic E-state index is 0.278. The molecule has 1 rings (SSSR count). The summed E-state index contributed by atoms with van der Waals surface area (Å²) in [5.41, 5.74) is 2.41. The molecule has 0 aromatic carbocycles. The normalized spacial score (nSPS) is 12.4. The number of likely N-dealkylation sites (N-methyl/N-ethyl adjacent to an activating group) is 1. The molecule has 0 radical (unpaired) electrons. The van der Waals surface area contributed by atoms with Crippen LogP contribution < -0.4 is 0 Å². The Bertz CT molecular complexity index is 547. The molecule has 0 unspecified atom stereocenters. The highest BCUT2D eigenvalue weighted by atomic mass is 32.2. The molecule has 0 saturated carbocycles. The van der Waals surface area contributed by atoms with E-state index in [0.29, 0.717) is 23.2 Å². The molecule has 116 valence electrons. The highest BCUT2D eigenvalue weighted by molar-refractivity contribution is 7.99. The van der Waals surface area contributed by atoms with Crippen molar-refractivity contribution in [1.29, 1.82) is 0 Å². The van der Waals surface area contributed by atoms with Gasteiger partial charge < -0.3 is 9.47 Å². The molecule has 1 aromatic heterocycles. The predicted molar refractivity (Wildman–Crippen MR) is 85.1 cm³/mol. The van der Waals surface area contributed by atoms with Crippen LogP contribution in [-0.2, 0) is 7.05 Å². The summed E-state index contributed by atoms with van der Waals surface area (Å²) in [6.45, 7) is 8.06. The van der Waals surface area contributed by atoms with Crippen molar-refractivity contribution in [2.75, 3.05) is 7.05 Å². The van der Waals surface area contributed by atoms with E-state index in [9.17, 15) is 8.78 Å². The van der Waals surface area contributed by atoms with E-state index in [4.69, 9.17) is 0 Å². The molecular formula is C15H21F2N3S. The molecule has 1 aromatic rings. The van der Waals surface area contributed by atoms with Crippen LogP contribution in [0, 0.1) is 0 Å². The van der Waals surface area contributed by atoms with Gasteiger partial charge in [0.15, 0.2) is 5.16 Å². The molecule has 0 spiro atoms. The molecule has 0 N–H and O–H groups in total. The van der Waals surface area contributed by atoms with Crippen molar-refractivity contribution in [1.82, 2.24) is 14.5 Å². The first kappa shape index (κ1) is 17.5. The fourth-order valence-corrected chi connectivity index (χ4v) is 2.35. The number of rotatable bonds is 7. The Balaban J connectivity index is 2.98. The van der Waals surface area contributed by atoms with Crippen LogP contribution in [-0.4, -0.2) is 27.3 Å². The molecular weight excluding hydrogens is 292 g/mol. The van der Waals surface area contributed by atoms with Crippen molar-refractivity contribution in [2.24, 2.45) is 7.05 Å². The minimum Gasteiger partial charge on any atom is -0.344 e. The number of allylic oxidation sites excluding steroid dienone is 3. The number of hydrogen-bond acceptors (Lipinski definition) is 3. The van der Waals surface area contributed by atoms with Crippen molar-refractivity contribution < 1.29 is 8.78 Å². The monoisotopic (exact) mass is 313 g/mol. The van der Waals surface area contributed by atoms with Gasteiger partial charge in [-0.1, -0.05) is 25.7 Å². The summed E-state index contributed by atoms with van der Waals surface area (Å²) in [6, 6.07) is 0. The number of imidazole rings is 1. The molecule has 0 aliphatic rings. The summed E-state index contributed by atoms with van der Waals surface area (Å²) in [5.74, 6) is -2.48. The average molecular weight is 313 g/mol. The van der Waals surface area contributed by atoms with Gasteiger partial charge in [-0.2, -0.15) is 8.78 Å². The molecule has 21 heavy (non-hydrogen) atoms. The summed E-state index contributed by atoms with van der Waals surface area (Å²) < 4.78 is 26.5. The van der Waals surface area contributed by atoms with Gasteiger partial charge in [0.25, 0.3) is 5.76 Å². The lowest BCUT2D eigenvalue weighted by atomic mass is 10.2. The number of hydrogen-bond donors (Lipinski definition) is 0. The predicted octanol–water partition coefficient (Wildman–Crippen LogP) is 4.51. The van der Waals surface area contributed by atoms with Crippen molar-refractivity contribution in [2.45, 2.75) is 31.2 Å². The largest absolute Gasteiger partial charge is 0.344 e. The Hall–Kier alpha value is -1.56. The summed E-state index contributed by atoms with van der Waals surface area (Å²) in [4.78, 5) is 5.94. The van der Waals surface area contributed by atoms with Crippen LogP contribution in [0.25, 0.3) is 5.70 Å². The van der Waals surface area contributed by atoms with E-state index in [1.807, 2.05) is 31.0 Å². The van der Waals surface area contributed by atoms with E-state index in [2.05, 4.69) is 24.6 Å². The zero-order chi connectivity index (χ0) is 16.0. The van der Waals surface area contributed by atoms with Crippen LogP contribution in [0.4, 0.5) is 8.78 Å². The second-order valence-electron chi connectivity index (χ2n) is 4.39. The molecule has 0 aliphatic carbocycles. The van der Waals surface area contributed by atoms with E-state index in [1.165, 1.54) is 0 Å². The Kier molecular flexibility index (Phi) is 6.68. The van der Waals surface area contributed by atoms with Crippen LogP contribution in [0.3, 0.4) is 0 Å². The van der Waals surface area contributed by atoms with Crippen LogP contribution in [0.2, 0.25) is 0 Å². The molecule has 1 heterocycles. The summed E-state index contributed by atoms with van der Waals surface area (Å²) in [6.07, 6.45) is 8.55. The maximum atomic E-state index is 12.5. The van der Waals surface area contributed by atoms with Gasteiger partial charge in [0, 0.05) is 19.8 Å². The number of halogens is 2. The van der Waals surface area contributed by atoms with Gasteiger partial charge in [-0.3, -0.25) is 0 Å². The van der Waals surface area contributed by atoms with Gasteiger partial charge in [0.05, 0.1) is 17.6 Å². The first-order chi connectivity index (χ1) is 9.92. The lowest BCUT2D eigenvalue weighted by Crippen LogP contribution is -2.16. The molecule has 0 fully saturated rings. The maximum absolute atomic E-state index is 12.5. The Labute approximate surface area is 129 Å². The summed E-state index contributed by atoms with van der Waals surface area (Å²) >= 11 is 0.433. The third-order valence-electron chi connectivity index (χ3n) is 3.05. The lowest BCUT2D eigenvalue weighted by Gasteiger charge is -2.23. The molecule has 0 bridgehead atoms. The Morgan fingerprint density at radius 2 is 2.24 bits per heavy atom. The van der Waals surface area contributed by atoms with Crippen molar-refractivity contribution in [3.8, 4) is 0 Å². The van der Waals surface area contributed by atoms with Crippen LogP contribution in [0.1, 0.15) is 26.0 Å². The fraction of sp³-hybridized carbons (Fsp3) is 0.400. The molecule has 6 heteroatoms. The van der Waals surface area contributed by atoms with Gasteiger partial charge >= 0.3 is 0 Å². The smallest absolute Gasteiger partial charge is 0.291 e. The first-order valence-corrected chi connectivity index (χ1v) is 7.52. The topological polar surface area (TPSA) is 21.1 Å². The van der Waals surface area contributed by atoms with Crippen LogP contribution in [0.5, 0.6) is 0 Å². The van der Waals surface area contributed by atoms with Crippen molar-refractivity contribution >= 4 is 17.5 Å². The van der Waals surface area contributed by atoms with Crippen LogP contribution >= 0.6 is 11.8 Å². The molecule has 3 nitrogen and oxygen atoms in total. The van der Waals surface area contributed by atoms with Gasteiger partial charge in [0.2, 0.25) is 0 Å². The van der Waals surface area contributed by atoms with Gasteiger partial charge in [-0.05, 0) is 31.2 Å². The highest BCUT2D eigenvalue weighted by Gasteiger charge is 2.16. The zero-order valence-electron chi connectivity index (χ0n) is 12.8. The van der Waals surface area contributed by atoms with Crippen molar-refractivity contribution in [3.05, 3.63) is 42.4 Å². The Morgan fingerprint density at radius 3 is 2.76 bits per heavy atom. The van der Waals surface area contributed by atoms with Gasteiger partial charge in [-0.25, -0.2) is 4.98 Å². The number of aromatic nitrogens is 2. The minimum atomic E-state index is -2.48. The molecule has 0 amide bonds. The highest BCUT2D eigenvalue weighted by Crippen LogP contribution is 2.28. The summed E-state index contributed by atoms with van der Waals surface area (Å²) in [5, 5.41) is 0.278. The Morgan fingerprint density at radius 1 is 1.57 bits per heavy atom. The van der Waals surface area contributed by atoms with Gasteiger partial charge in [-0.15, -0.1) is 0 Å². The maximum Gasteiger partial charge on any atom is 0.291 e. The van der Waals surface area contributed by atoms with Crippen molar-refractivity contribution in [3.63, 3.8) is 0 Å². The SMILES string of the molecule is C=C(c1cnc(SC(F)F)n1C)N(C)C(/C=C\CC)=C/C. The summed E-state index contributed by atoms with van der Waals surface area (Å²) in [7, 11) is 3.61. The van der Waals surface area contributed by atoms with Crippen LogP contribution in [0.15, 0.2) is 41.9 Å². The van der Waals surface area contributed by atoms with Gasteiger partial charge in [0.1, 0.15) is 0 Å². The molecule has 0 saturated heterocycles. The number of thioether (sulfide) groups is 1.